The van der Waals surface area contributed by atoms with E-state index in [1.807, 2.05) is 27.7 Å². The zero-order valence-electron chi connectivity index (χ0n) is 25.7. The second kappa shape index (κ2) is 20.8. The molecule has 0 aromatic rings. The third kappa shape index (κ3) is 14.6. The summed E-state index contributed by atoms with van der Waals surface area (Å²) in [6, 6.07) is 0.140. The normalized spacial score (nSPS) is 20.6. The summed E-state index contributed by atoms with van der Waals surface area (Å²) in [4.78, 5) is 27.6. The SMILES string of the molecule is CC.CCC[C@H](NC(=O)C1(C(=O)O)CC1)C(C)F.CCOCC=C(N)N.CN1CCN(C2CCN(O)CC2)CC1.[HH].[HH]. The lowest BCUT2D eigenvalue weighted by molar-refractivity contribution is -0.149. The predicted octanol–water partition coefficient (Wildman–Crippen LogP) is 2.88. The van der Waals surface area contributed by atoms with Crippen molar-refractivity contribution in [1.29, 1.82) is 0 Å². The molecule has 0 bridgehead atoms. The van der Waals surface area contributed by atoms with Crippen molar-refractivity contribution in [3.8, 4) is 0 Å². The average molecular weight is 581 g/mol. The van der Waals surface area contributed by atoms with Crippen molar-refractivity contribution in [3.63, 3.8) is 0 Å². The molecule has 3 rings (SSSR count). The number of ether oxygens (including phenoxy) is 1. The van der Waals surface area contributed by atoms with Gasteiger partial charge in [-0.25, -0.2) is 4.39 Å². The summed E-state index contributed by atoms with van der Waals surface area (Å²) in [5.74, 6) is -1.33. The van der Waals surface area contributed by atoms with E-state index < -0.39 is 29.5 Å². The van der Waals surface area contributed by atoms with Gasteiger partial charge in [-0.05, 0) is 59.1 Å². The highest BCUT2D eigenvalue weighted by Gasteiger charge is 2.57. The maximum atomic E-state index is 13.2. The van der Waals surface area contributed by atoms with Crippen LogP contribution in [-0.4, -0.2) is 115 Å². The first-order valence-electron chi connectivity index (χ1n) is 14.8. The fourth-order valence-corrected chi connectivity index (χ4v) is 4.37. The molecule has 3 fully saturated rings. The lowest BCUT2D eigenvalue weighted by Gasteiger charge is -2.40. The summed E-state index contributed by atoms with van der Waals surface area (Å²) in [5.41, 5.74) is 8.91. The number of carboxylic acids is 1. The number of nitrogens with one attached hydrogen (secondary N) is 1. The van der Waals surface area contributed by atoms with Gasteiger partial charge in [0.2, 0.25) is 5.91 Å². The number of piperazine rings is 1. The van der Waals surface area contributed by atoms with Crippen LogP contribution < -0.4 is 16.8 Å². The monoisotopic (exact) mass is 580 g/mol. The number of nitrogens with two attached hydrogens (primary N) is 2. The average Bonchev–Trinajstić information content (AvgIpc) is 3.74. The molecule has 11 nitrogen and oxygen atoms in total. The van der Waals surface area contributed by atoms with Crippen LogP contribution in [0.25, 0.3) is 0 Å². The number of hydroxylamine groups is 2. The zero-order chi connectivity index (χ0) is 30.7. The van der Waals surface area contributed by atoms with Crippen molar-refractivity contribution in [3.05, 3.63) is 11.9 Å². The zero-order valence-corrected chi connectivity index (χ0v) is 25.7. The van der Waals surface area contributed by atoms with E-state index in [4.69, 9.17) is 21.3 Å². The van der Waals surface area contributed by atoms with Crippen LogP contribution in [-0.2, 0) is 14.3 Å². The van der Waals surface area contributed by atoms with Gasteiger partial charge in [-0.2, -0.15) is 5.06 Å². The molecule has 2 saturated heterocycles. The van der Waals surface area contributed by atoms with Crippen LogP contribution in [0.4, 0.5) is 4.39 Å². The van der Waals surface area contributed by atoms with E-state index in [9.17, 15) is 19.2 Å². The molecule has 0 aromatic heterocycles. The minimum Gasteiger partial charge on any atom is -0.480 e. The lowest BCUT2D eigenvalue weighted by atomic mass is 10.0. The first kappa shape index (κ1) is 38.0. The highest BCUT2D eigenvalue weighted by molar-refractivity contribution is 6.04. The summed E-state index contributed by atoms with van der Waals surface area (Å²) >= 11 is 0. The molecular formula is C28H61FN6O5. The van der Waals surface area contributed by atoms with Crippen LogP contribution in [0, 0.1) is 5.41 Å². The van der Waals surface area contributed by atoms with Crippen molar-refractivity contribution in [2.24, 2.45) is 16.9 Å². The van der Waals surface area contributed by atoms with E-state index in [1.54, 1.807) is 6.08 Å². The van der Waals surface area contributed by atoms with Crippen LogP contribution in [0.1, 0.15) is 76.0 Å². The van der Waals surface area contributed by atoms with Gasteiger partial charge < -0.3 is 36.7 Å². The Morgan fingerprint density at radius 3 is 2.08 bits per heavy atom. The van der Waals surface area contributed by atoms with E-state index in [0.717, 1.165) is 32.4 Å². The third-order valence-corrected chi connectivity index (χ3v) is 7.20. The van der Waals surface area contributed by atoms with Crippen molar-refractivity contribution in [1.82, 2.24) is 20.2 Å². The van der Waals surface area contributed by atoms with Gasteiger partial charge in [-0.15, -0.1) is 0 Å². The molecule has 0 spiro atoms. The summed E-state index contributed by atoms with van der Waals surface area (Å²) in [6.07, 6.45) is 4.71. The molecular weight excluding hydrogens is 519 g/mol. The molecule has 1 saturated carbocycles. The van der Waals surface area contributed by atoms with Crippen molar-refractivity contribution in [2.75, 3.05) is 59.5 Å². The van der Waals surface area contributed by atoms with Crippen molar-refractivity contribution >= 4 is 11.9 Å². The van der Waals surface area contributed by atoms with Crippen molar-refractivity contribution < 1.29 is 31.9 Å². The Labute approximate surface area is 244 Å². The highest BCUT2D eigenvalue weighted by Crippen LogP contribution is 2.46. The van der Waals surface area contributed by atoms with E-state index in [1.165, 1.54) is 38.2 Å². The highest BCUT2D eigenvalue weighted by atomic mass is 19.1. The molecule has 3 aliphatic rings. The van der Waals surface area contributed by atoms with Gasteiger partial charge in [-0.3, -0.25) is 14.5 Å². The number of hydrogen-bond acceptors (Lipinski definition) is 9. The minimum absolute atomic E-state index is 0. The third-order valence-electron chi connectivity index (χ3n) is 7.20. The first-order valence-corrected chi connectivity index (χ1v) is 14.8. The molecule has 40 heavy (non-hydrogen) atoms. The summed E-state index contributed by atoms with van der Waals surface area (Å²) in [7, 11) is 2.19. The number of carbonyl (C=O) groups excluding carboxylic acids is 1. The molecule has 240 valence electrons. The van der Waals surface area contributed by atoms with Crippen LogP contribution in [0.15, 0.2) is 11.9 Å². The second-order valence-corrected chi connectivity index (χ2v) is 10.3. The smallest absolute Gasteiger partial charge is 0.319 e. The molecule has 7 N–H and O–H groups in total. The minimum atomic E-state index is -1.28. The molecule has 2 atom stereocenters. The molecule has 0 aromatic carbocycles. The van der Waals surface area contributed by atoms with E-state index in [-0.39, 0.29) is 2.85 Å². The molecule has 2 heterocycles. The van der Waals surface area contributed by atoms with Crippen LogP contribution in [0.3, 0.4) is 0 Å². The van der Waals surface area contributed by atoms with Gasteiger partial charge in [0.25, 0.3) is 0 Å². The fraction of sp³-hybridized carbons (Fsp3) is 0.857. The standard InChI is InChI=1S/C11H18FNO3.C10H21N3O.C5H12N2O.C2H6.2H2/c1-3-4-8(7(2)12)13-9(14)11(5-6-11)10(15)16;1-11-6-8-12(9-7-11)10-2-4-13(14)5-3-10;1-2-8-4-3-5(6)7;1-2;;/h7-8H,3-6H2,1-2H3,(H,13,14)(H,15,16);10,14H,2-9H2,1H3;3H,2,4,6-7H2,1H3;1-2H3;2*1H/t7?,8-;;;;;/m0...../s1. The summed E-state index contributed by atoms with van der Waals surface area (Å²) in [6.45, 7) is 16.9. The van der Waals surface area contributed by atoms with Gasteiger partial charge in [0, 0.05) is 54.8 Å². The van der Waals surface area contributed by atoms with Crippen molar-refractivity contribution in [2.45, 2.75) is 91.4 Å². The van der Waals surface area contributed by atoms with E-state index in [0.29, 0.717) is 44.3 Å². The summed E-state index contributed by atoms with van der Waals surface area (Å²) < 4.78 is 18.1. The number of alkyl halides is 1. The Morgan fingerprint density at radius 1 is 1.12 bits per heavy atom. The van der Waals surface area contributed by atoms with Gasteiger partial charge in [-0.1, -0.05) is 27.2 Å². The molecule has 1 amide bonds. The predicted molar refractivity (Wildman–Crippen MR) is 161 cm³/mol. The summed E-state index contributed by atoms with van der Waals surface area (Å²) in [5, 5.41) is 22.1. The molecule has 0 radical (unpaired) electrons. The molecule has 1 aliphatic carbocycles. The number of likely N-dealkylation sites (N-methyl/N-ethyl adjacent to an activating group) is 1. The number of aliphatic carboxylic acids is 1. The van der Waals surface area contributed by atoms with Gasteiger partial charge in [0.1, 0.15) is 11.6 Å². The largest absolute Gasteiger partial charge is 0.480 e. The van der Waals surface area contributed by atoms with E-state index in [2.05, 4.69) is 22.2 Å². The Hall–Kier alpha value is -1.99. The van der Waals surface area contributed by atoms with Gasteiger partial charge >= 0.3 is 5.97 Å². The first-order chi connectivity index (χ1) is 19.0. The molecule has 12 heteroatoms. The maximum Gasteiger partial charge on any atom is 0.319 e. The lowest BCUT2D eigenvalue weighted by Crippen LogP contribution is -2.51. The van der Waals surface area contributed by atoms with Gasteiger partial charge in [0.05, 0.1) is 18.5 Å². The molecule has 2 aliphatic heterocycles. The Bertz CT molecular complexity index is 710. The van der Waals surface area contributed by atoms with Crippen LogP contribution in [0.2, 0.25) is 0 Å². The number of halogens is 1. The maximum absolute atomic E-state index is 13.2. The second-order valence-electron chi connectivity index (χ2n) is 10.3. The van der Waals surface area contributed by atoms with Crippen LogP contribution in [0.5, 0.6) is 0 Å². The fourth-order valence-electron chi connectivity index (χ4n) is 4.37. The topological polar surface area (TPSA) is 158 Å². The number of piperidine rings is 1. The number of rotatable bonds is 10. The quantitative estimate of drug-likeness (QED) is 0.192. The van der Waals surface area contributed by atoms with Gasteiger partial charge in [0.15, 0.2) is 0 Å². The number of amides is 1. The van der Waals surface area contributed by atoms with E-state index >= 15 is 0 Å². The molecule has 1 unspecified atom stereocenters. The number of nitrogens with zero attached hydrogens (tertiary/aromatic N) is 3. The Morgan fingerprint density at radius 2 is 1.68 bits per heavy atom. The number of hydrogen-bond donors (Lipinski definition) is 5. The van der Waals surface area contributed by atoms with Crippen LogP contribution >= 0.6 is 0 Å². The Balaban J connectivity index is -0.000000539. The number of carboxylic acid groups (broad SMARTS) is 1. The number of carbonyl (C=O) groups is 2. The Kier molecular flexibility index (Phi) is 19.8.